The Hall–Kier alpha value is -2.45. The molecule has 5 rings (SSSR count). The van der Waals surface area contributed by atoms with Gasteiger partial charge in [0.05, 0.1) is 6.10 Å². The molecule has 3 nitrogen and oxygen atoms in total. The van der Waals surface area contributed by atoms with Gasteiger partial charge in [-0.1, -0.05) is 12.5 Å². The lowest BCUT2D eigenvalue weighted by molar-refractivity contribution is -0.114. The standard InChI is InChI=1S/C26H31F2NO2.C3H4/c1-26-13-19(25-21(27)11-15(29(2)3)12-22(25)28)24-17-7-5-16(30)10-14(17)4-6-18(24)20(26)8-9-23(26)31;1-3-2/h10-12,18-20,23,31H,4-9,13H2,1-3H3;1H,2H3. The van der Waals surface area contributed by atoms with Crippen LogP contribution in [0.5, 0.6) is 0 Å². The summed E-state index contributed by atoms with van der Waals surface area (Å²) < 4.78 is 30.9. The lowest BCUT2D eigenvalue weighted by Crippen LogP contribution is -2.45. The number of rotatable bonds is 2. The minimum absolute atomic E-state index is 0.134. The molecule has 34 heavy (non-hydrogen) atoms. The zero-order chi connectivity index (χ0) is 24.8. The molecule has 1 aromatic rings. The number of ketones is 1. The van der Waals surface area contributed by atoms with E-state index in [2.05, 4.69) is 19.3 Å². The van der Waals surface area contributed by atoms with Gasteiger partial charge in [-0.15, -0.1) is 12.3 Å². The Balaban J connectivity index is 0.000000868. The topological polar surface area (TPSA) is 40.5 Å². The van der Waals surface area contributed by atoms with Gasteiger partial charge in [0.25, 0.3) is 0 Å². The van der Waals surface area contributed by atoms with Gasteiger partial charge >= 0.3 is 0 Å². The molecule has 4 aliphatic carbocycles. The van der Waals surface area contributed by atoms with Gasteiger partial charge in [0.1, 0.15) is 11.6 Å². The first-order valence-electron chi connectivity index (χ1n) is 12.3. The van der Waals surface area contributed by atoms with Gasteiger partial charge in [0.2, 0.25) is 0 Å². The Morgan fingerprint density at radius 3 is 2.38 bits per heavy atom. The van der Waals surface area contributed by atoms with Crippen LogP contribution in [-0.4, -0.2) is 31.1 Å². The van der Waals surface area contributed by atoms with Crippen LogP contribution in [0.1, 0.15) is 70.3 Å². The van der Waals surface area contributed by atoms with E-state index in [1.165, 1.54) is 17.7 Å². The summed E-state index contributed by atoms with van der Waals surface area (Å²) >= 11 is 0. The number of allylic oxidation sites excluding steroid dienone is 4. The van der Waals surface area contributed by atoms with Gasteiger partial charge in [-0.3, -0.25) is 4.79 Å². The maximum absolute atomic E-state index is 15.4. The minimum Gasteiger partial charge on any atom is -0.393 e. The van der Waals surface area contributed by atoms with Gasteiger partial charge in [0.15, 0.2) is 5.78 Å². The summed E-state index contributed by atoms with van der Waals surface area (Å²) in [6.07, 6.45) is 11.0. The van der Waals surface area contributed by atoms with Crippen molar-refractivity contribution in [3.05, 3.63) is 52.1 Å². The molecule has 2 saturated carbocycles. The molecule has 5 atom stereocenters. The SMILES string of the molecule is C#CC.CN(C)c1cc(F)c(C2CC3(C)C(O)CCC3C3CCC4=CC(=O)CCC4=C23)c(F)c1. The average molecular weight is 468 g/mol. The minimum atomic E-state index is -0.516. The van der Waals surface area contributed by atoms with E-state index in [9.17, 15) is 9.90 Å². The zero-order valence-corrected chi connectivity index (χ0v) is 20.6. The summed E-state index contributed by atoms with van der Waals surface area (Å²) in [6, 6.07) is 2.84. The molecule has 1 aromatic carbocycles. The second-order valence-corrected chi connectivity index (χ2v) is 10.7. The lowest BCUT2D eigenvalue weighted by Gasteiger charge is -2.52. The van der Waals surface area contributed by atoms with E-state index in [0.29, 0.717) is 30.9 Å². The van der Waals surface area contributed by atoms with Crippen LogP contribution in [-0.2, 0) is 4.79 Å². The summed E-state index contributed by atoms with van der Waals surface area (Å²) in [5.74, 6) is 1.51. The Morgan fingerprint density at radius 2 is 1.76 bits per heavy atom. The lowest BCUT2D eigenvalue weighted by atomic mass is 9.53. The molecule has 0 amide bonds. The number of anilines is 1. The van der Waals surface area contributed by atoms with Crippen LogP contribution in [0.3, 0.4) is 0 Å². The predicted octanol–water partition coefficient (Wildman–Crippen LogP) is 5.93. The number of benzene rings is 1. The number of fused-ring (bicyclic) bond motifs is 4. The van der Waals surface area contributed by atoms with Crippen LogP contribution < -0.4 is 4.90 Å². The summed E-state index contributed by atoms with van der Waals surface area (Å²) in [7, 11) is 3.54. The van der Waals surface area contributed by atoms with Crippen LogP contribution in [0.25, 0.3) is 0 Å². The van der Waals surface area contributed by atoms with Crippen molar-refractivity contribution in [3.63, 3.8) is 0 Å². The first kappa shape index (κ1) is 24.7. The number of aliphatic hydroxyl groups excluding tert-OH is 1. The van der Waals surface area contributed by atoms with Crippen molar-refractivity contribution in [2.45, 2.75) is 70.8 Å². The van der Waals surface area contributed by atoms with Crippen molar-refractivity contribution in [2.24, 2.45) is 17.3 Å². The molecule has 5 unspecified atom stereocenters. The second kappa shape index (κ2) is 9.30. The molecule has 4 aliphatic rings. The number of terminal acetylenes is 1. The summed E-state index contributed by atoms with van der Waals surface area (Å²) in [6.45, 7) is 3.77. The number of nitrogens with zero attached hydrogens (tertiary/aromatic N) is 1. The largest absolute Gasteiger partial charge is 0.393 e. The summed E-state index contributed by atoms with van der Waals surface area (Å²) in [5.41, 5.74) is 3.68. The molecular weight excluding hydrogens is 432 g/mol. The average Bonchev–Trinajstić information content (AvgIpc) is 3.07. The van der Waals surface area contributed by atoms with E-state index in [-0.39, 0.29) is 22.7 Å². The molecular formula is C29H35F2NO2. The fourth-order valence-corrected chi connectivity index (χ4v) is 7.05. The van der Waals surface area contributed by atoms with Gasteiger partial charge in [0, 0.05) is 37.7 Å². The Morgan fingerprint density at radius 1 is 1.12 bits per heavy atom. The number of carbonyl (C=O) groups excluding carboxylic acids is 1. The number of carbonyl (C=O) groups is 1. The maximum Gasteiger partial charge on any atom is 0.156 e. The van der Waals surface area contributed by atoms with Crippen molar-refractivity contribution in [1.82, 2.24) is 0 Å². The molecule has 0 aliphatic heterocycles. The van der Waals surface area contributed by atoms with E-state index in [4.69, 9.17) is 0 Å². The van der Waals surface area contributed by atoms with Crippen molar-refractivity contribution in [1.29, 1.82) is 0 Å². The van der Waals surface area contributed by atoms with Crippen LogP contribution in [0.4, 0.5) is 14.5 Å². The van der Waals surface area contributed by atoms with Crippen LogP contribution in [0.2, 0.25) is 0 Å². The Bertz CT molecular complexity index is 1070. The molecule has 182 valence electrons. The monoisotopic (exact) mass is 467 g/mol. The molecule has 1 N–H and O–H groups in total. The molecule has 2 fully saturated rings. The Labute approximate surface area is 201 Å². The van der Waals surface area contributed by atoms with Crippen LogP contribution in [0, 0.1) is 41.2 Å². The first-order chi connectivity index (χ1) is 16.1. The van der Waals surface area contributed by atoms with Crippen LogP contribution >= 0.6 is 0 Å². The molecule has 0 bridgehead atoms. The normalized spacial score (nSPS) is 31.9. The summed E-state index contributed by atoms with van der Waals surface area (Å²) in [4.78, 5) is 13.8. The zero-order valence-electron chi connectivity index (χ0n) is 20.6. The molecule has 0 spiro atoms. The number of hydrogen-bond acceptors (Lipinski definition) is 3. The van der Waals surface area contributed by atoms with E-state index >= 15 is 8.78 Å². The third-order valence-electron chi connectivity index (χ3n) is 8.61. The third-order valence-corrected chi connectivity index (χ3v) is 8.61. The van der Waals surface area contributed by atoms with E-state index in [1.54, 1.807) is 32.0 Å². The van der Waals surface area contributed by atoms with Crippen molar-refractivity contribution in [3.8, 4) is 12.3 Å². The van der Waals surface area contributed by atoms with E-state index in [0.717, 1.165) is 36.8 Å². The highest BCUT2D eigenvalue weighted by Crippen LogP contribution is 2.64. The highest BCUT2D eigenvalue weighted by Gasteiger charge is 2.57. The van der Waals surface area contributed by atoms with E-state index < -0.39 is 23.7 Å². The van der Waals surface area contributed by atoms with Crippen molar-refractivity contribution in [2.75, 3.05) is 19.0 Å². The smallest absolute Gasteiger partial charge is 0.156 e. The van der Waals surface area contributed by atoms with Crippen molar-refractivity contribution >= 4 is 11.5 Å². The molecule has 5 heteroatoms. The van der Waals surface area contributed by atoms with Gasteiger partial charge in [-0.2, -0.15) is 0 Å². The fraction of sp³-hybridized carbons (Fsp3) is 0.552. The van der Waals surface area contributed by atoms with E-state index in [1.807, 2.05) is 0 Å². The predicted molar refractivity (Wildman–Crippen MR) is 131 cm³/mol. The molecule has 0 heterocycles. The number of halogens is 2. The second-order valence-electron chi connectivity index (χ2n) is 10.7. The van der Waals surface area contributed by atoms with Gasteiger partial charge < -0.3 is 10.0 Å². The highest BCUT2D eigenvalue weighted by atomic mass is 19.1. The van der Waals surface area contributed by atoms with Crippen molar-refractivity contribution < 1.29 is 18.7 Å². The maximum atomic E-state index is 15.4. The highest BCUT2D eigenvalue weighted by molar-refractivity contribution is 5.93. The first-order valence-corrected chi connectivity index (χ1v) is 12.3. The number of hydrogen-bond donors (Lipinski definition) is 1. The van der Waals surface area contributed by atoms with Crippen LogP contribution in [0.15, 0.2) is 34.9 Å². The quantitative estimate of drug-likeness (QED) is 0.548. The third kappa shape index (κ3) is 4.01. The van der Waals surface area contributed by atoms with Gasteiger partial charge in [-0.25, -0.2) is 8.78 Å². The Kier molecular flexibility index (Phi) is 6.75. The summed E-state index contributed by atoms with van der Waals surface area (Å²) in [5, 5.41) is 10.9. The molecule has 0 radical (unpaired) electrons. The number of aliphatic hydroxyl groups is 1. The fourth-order valence-electron chi connectivity index (χ4n) is 7.05. The molecule has 0 aromatic heterocycles. The molecule has 0 saturated heterocycles. The van der Waals surface area contributed by atoms with Gasteiger partial charge in [-0.05, 0) is 92.1 Å².